The summed E-state index contributed by atoms with van der Waals surface area (Å²) in [7, 11) is 0. The van der Waals surface area contributed by atoms with Crippen molar-refractivity contribution in [2.45, 2.75) is 32.2 Å². The highest BCUT2D eigenvalue weighted by atomic mass is 15.0. The Kier molecular flexibility index (Phi) is 3.06. The van der Waals surface area contributed by atoms with Crippen LogP contribution >= 0.6 is 0 Å². The van der Waals surface area contributed by atoms with E-state index in [4.69, 9.17) is 0 Å². The van der Waals surface area contributed by atoms with Crippen LogP contribution in [-0.4, -0.2) is 26.5 Å². The summed E-state index contributed by atoms with van der Waals surface area (Å²) < 4.78 is 0. The van der Waals surface area contributed by atoms with Crippen molar-refractivity contribution < 1.29 is 0 Å². The van der Waals surface area contributed by atoms with E-state index in [1.165, 1.54) is 12.8 Å². The molecule has 5 nitrogen and oxygen atoms in total. The number of H-pyrrole nitrogens is 1. The van der Waals surface area contributed by atoms with Gasteiger partial charge in [0, 0.05) is 12.4 Å². The summed E-state index contributed by atoms with van der Waals surface area (Å²) >= 11 is 0. The Bertz CT molecular complexity index is 528. The fourth-order valence-electron chi connectivity index (χ4n) is 2.39. The number of aromatic nitrogens is 4. The highest BCUT2D eigenvalue weighted by molar-refractivity contribution is 5.55. The lowest BCUT2D eigenvalue weighted by atomic mass is 10.0. The standard InChI is InChI=1S/C13H17N5/c1-9-12(16-7-6-14-9)11-8-17-13(18-11)10-4-2-3-5-15-10/h6-8,10,15H,2-5H2,1H3,(H,17,18). The maximum atomic E-state index is 4.47. The molecule has 1 fully saturated rings. The van der Waals surface area contributed by atoms with Gasteiger partial charge in [0.2, 0.25) is 0 Å². The Morgan fingerprint density at radius 2 is 2.06 bits per heavy atom. The van der Waals surface area contributed by atoms with Crippen LogP contribution in [0.1, 0.15) is 36.8 Å². The van der Waals surface area contributed by atoms with Crippen molar-refractivity contribution in [3.63, 3.8) is 0 Å². The molecule has 18 heavy (non-hydrogen) atoms. The van der Waals surface area contributed by atoms with E-state index in [0.717, 1.165) is 35.9 Å². The zero-order valence-corrected chi connectivity index (χ0v) is 10.5. The van der Waals surface area contributed by atoms with Gasteiger partial charge in [-0.15, -0.1) is 0 Å². The molecule has 0 radical (unpaired) electrons. The van der Waals surface area contributed by atoms with E-state index in [2.05, 4.69) is 25.3 Å². The van der Waals surface area contributed by atoms with Crippen molar-refractivity contribution in [1.29, 1.82) is 0 Å². The molecular weight excluding hydrogens is 226 g/mol. The molecule has 0 spiro atoms. The van der Waals surface area contributed by atoms with Crippen LogP contribution in [0, 0.1) is 6.92 Å². The van der Waals surface area contributed by atoms with Gasteiger partial charge in [0.15, 0.2) is 0 Å². The predicted octanol–water partition coefficient (Wildman–Crippen LogP) is 1.99. The van der Waals surface area contributed by atoms with E-state index in [1.807, 2.05) is 13.1 Å². The van der Waals surface area contributed by atoms with Crippen molar-refractivity contribution in [3.8, 4) is 11.4 Å². The number of rotatable bonds is 2. The number of aromatic amines is 1. The first-order valence-corrected chi connectivity index (χ1v) is 6.41. The van der Waals surface area contributed by atoms with Crippen LogP contribution in [0.3, 0.4) is 0 Å². The summed E-state index contributed by atoms with van der Waals surface area (Å²) in [4.78, 5) is 16.4. The highest BCUT2D eigenvalue weighted by Gasteiger charge is 2.18. The molecule has 1 aliphatic rings. The molecule has 0 bridgehead atoms. The molecule has 0 amide bonds. The summed E-state index contributed by atoms with van der Waals surface area (Å²) in [6.45, 7) is 3.03. The number of nitrogens with one attached hydrogen (secondary N) is 2. The van der Waals surface area contributed by atoms with Crippen molar-refractivity contribution in [1.82, 2.24) is 25.3 Å². The summed E-state index contributed by atoms with van der Waals surface area (Å²) in [6, 6.07) is 0.351. The van der Waals surface area contributed by atoms with Gasteiger partial charge in [0.25, 0.3) is 0 Å². The van der Waals surface area contributed by atoms with Gasteiger partial charge in [-0.2, -0.15) is 0 Å². The highest BCUT2D eigenvalue weighted by Crippen LogP contribution is 2.23. The molecular formula is C13H17N5. The van der Waals surface area contributed by atoms with Gasteiger partial charge in [0.05, 0.1) is 23.6 Å². The smallest absolute Gasteiger partial charge is 0.123 e. The lowest BCUT2D eigenvalue weighted by molar-refractivity contribution is 0.399. The zero-order valence-electron chi connectivity index (χ0n) is 10.5. The van der Waals surface area contributed by atoms with Crippen molar-refractivity contribution >= 4 is 0 Å². The van der Waals surface area contributed by atoms with Crippen LogP contribution < -0.4 is 5.32 Å². The summed E-state index contributed by atoms with van der Waals surface area (Å²) in [5, 5.41) is 3.49. The molecule has 5 heteroatoms. The van der Waals surface area contributed by atoms with Crippen LogP contribution in [-0.2, 0) is 0 Å². The molecule has 0 aliphatic carbocycles. The number of aryl methyl sites for hydroxylation is 1. The van der Waals surface area contributed by atoms with Crippen molar-refractivity contribution in [2.24, 2.45) is 0 Å². The molecule has 1 saturated heterocycles. The lowest BCUT2D eigenvalue weighted by Crippen LogP contribution is -2.27. The van der Waals surface area contributed by atoms with E-state index in [1.54, 1.807) is 12.4 Å². The van der Waals surface area contributed by atoms with E-state index in [-0.39, 0.29) is 0 Å². The number of hydrogen-bond acceptors (Lipinski definition) is 4. The summed E-state index contributed by atoms with van der Waals surface area (Å²) in [5.41, 5.74) is 2.75. The Balaban J connectivity index is 1.87. The average Bonchev–Trinajstić information content (AvgIpc) is 2.90. The van der Waals surface area contributed by atoms with Gasteiger partial charge < -0.3 is 10.3 Å². The van der Waals surface area contributed by atoms with Crippen LogP contribution in [0.15, 0.2) is 18.6 Å². The Morgan fingerprint density at radius 1 is 1.17 bits per heavy atom. The van der Waals surface area contributed by atoms with Crippen molar-refractivity contribution in [3.05, 3.63) is 30.1 Å². The van der Waals surface area contributed by atoms with Gasteiger partial charge in [-0.1, -0.05) is 6.42 Å². The third kappa shape index (κ3) is 2.13. The molecule has 2 aromatic heterocycles. The third-order valence-electron chi connectivity index (χ3n) is 3.37. The lowest BCUT2D eigenvalue weighted by Gasteiger charge is -2.21. The van der Waals surface area contributed by atoms with Crippen molar-refractivity contribution in [2.75, 3.05) is 6.54 Å². The van der Waals surface area contributed by atoms with Gasteiger partial charge in [-0.05, 0) is 26.3 Å². The predicted molar refractivity (Wildman–Crippen MR) is 68.9 cm³/mol. The zero-order chi connectivity index (χ0) is 12.4. The van der Waals surface area contributed by atoms with Gasteiger partial charge in [0.1, 0.15) is 11.5 Å². The molecule has 0 saturated carbocycles. The third-order valence-corrected chi connectivity index (χ3v) is 3.37. The molecule has 3 rings (SSSR count). The first kappa shape index (κ1) is 11.3. The second-order valence-corrected chi connectivity index (χ2v) is 4.67. The minimum Gasteiger partial charge on any atom is -0.339 e. The number of nitrogens with zero attached hydrogens (tertiary/aromatic N) is 3. The van der Waals surface area contributed by atoms with Crippen LogP contribution in [0.5, 0.6) is 0 Å². The maximum absolute atomic E-state index is 4.47. The number of imidazole rings is 1. The fourth-order valence-corrected chi connectivity index (χ4v) is 2.39. The molecule has 1 unspecified atom stereocenters. The molecule has 2 aromatic rings. The molecule has 3 heterocycles. The Hall–Kier alpha value is -1.75. The van der Waals surface area contributed by atoms with Crippen LogP contribution in [0.4, 0.5) is 0 Å². The average molecular weight is 243 g/mol. The van der Waals surface area contributed by atoms with Gasteiger partial charge in [-0.3, -0.25) is 9.97 Å². The SMILES string of the molecule is Cc1nccnc1-c1cnc(C2CCCCN2)[nH]1. The summed E-state index contributed by atoms with van der Waals surface area (Å²) in [6.07, 6.45) is 8.93. The second-order valence-electron chi connectivity index (χ2n) is 4.67. The molecule has 1 aliphatic heterocycles. The van der Waals surface area contributed by atoms with E-state index >= 15 is 0 Å². The molecule has 94 valence electrons. The molecule has 0 aromatic carbocycles. The van der Waals surface area contributed by atoms with Gasteiger partial charge in [-0.25, -0.2) is 4.98 Å². The normalized spacial score (nSPS) is 19.9. The number of piperidine rings is 1. The quantitative estimate of drug-likeness (QED) is 0.846. The second kappa shape index (κ2) is 4.86. The minimum atomic E-state index is 0.351. The van der Waals surface area contributed by atoms with Crippen LogP contribution in [0.2, 0.25) is 0 Å². The van der Waals surface area contributed by atoms with E-state index in [0.29, 0.717) is 6.04 Å². The number of hydrogen-bond donors (Lipinski definition) is 2. The molecule has 2 N–H and O–H groups in total. The minimum absolute atomic E-state index is 0.351. The fraction of sp³-hybridized carbons (Fsp3) is 0.462. The molecule has 1 atom stereocenters. The van der Waals surface area contributed by atoms with E-state index < -0.39 is 0 Å². The topological polar surface area (TPSA) is 66.5 Å². The maximum Gasteiger partial charge on any atom is 0.123 e. The largest absolute Gasteiger partial charge is 0.339 e. The van der Waals surface area contributed by atoms with Gasteiger partial charge >= 0.3 is 0 Å². The van der Waals surface area contributed by atoms with Crippen LogP contribution in [0.25, 0.3) is 11.4 Å². The first-order valence-electron chi connectivity index (χ1n) is 6.41. The Morgan fingerprint density at radius 3 is 2.83 bits per heavy atom. The Labute approximate surface area is 106 Å². The summed E-state index contributed by atoms with van der Waals surface area (Å²) in [5.74, 6) is 1.01. The van der Waals surface area contributed by atoms with E-state index in [9.17, 15) is 0 Å². The monoisotopic (exact) mass is 243 g/mol. The first-order chi connectivity index (χ1) is 8.84.